The second kappa shape index (κ2) is 5.80. The van der Waals surface area contributed by atoms with Gasteiger partial charge in [-0.1, -0.05) is 18.2 Å². The van der Waals surface area contributed by atoms with Crippen LogP contribution in [-0.2, 0) is 6.42 Å². The highest BCUT2D eigenvalue weighted by Crippen LogP contribution is 2.23. The van der Waals surface area contributed by atoms with Crippen molar-refractivity contribution in [3.8, 4) is 5.75 Å². The summed E-state index contributed by atoms with van der Waals surface area (Å²) in [4.78, 5) is 0. The SMILES string of the molecule is COc1ccc(CC(O)c2cccc(F)c2)cc1F. The number of benzene rings is 2. The van der Waals surface area contributed by atoms with Gasteiger partial charge in [0, 0.05) is 6.42 Å². The molecule has 0 bridgehead atoms. The molecule has 0 aliphatic rings. The van der Waals surface area contributed by atoms with Gasteiger partial charge in [-0.2, -0.15) is 0 Å². The van der Waals surface area contributed by atoms with Gasteiger partial charge in [0.05, 0.1) is 13.2 Å². The van der Waals surface area contributed by atoms with Crippen molar-refractivity contribution in [2.45, 2.75) is 12.5 Å². The Bertz CT molecular complexity index is 570. The van der Waals surface area contributed by atoms with Crippen molar-refractivity contribution in [2.24, 2.45) is 0 Å². The molecule has 0 aromatic heterocycles. The van der Waals surface area contributed by atoms with Crippen LogP contribution in [0.15, 0.2) is 42.5 Å². The summed E-state index contributed by atoms with van der Waals surface area (Å²) in [6.07, 6.45) is -0.659. The molecule has 0 aliphatic heterocycles. The molecule has 4 heteroatoms. The maximum absolute atomic E-state index is 13.5. The summed E-state index contributed by atoms with van der Waals surface area (Å²) in [6.45, 7) is 0. The van der Waals surface area contributed by atoms with E-state index in [1.54, 1.807) is 12.1 Å². The number of methoxy groups -OCH3 is 1. The third-order valence-electron chi connectivity index (χ3n) is 2.88. The Morgan fingerprint density at radius 2 is 1.95 bits per heavy atom. The summed E-state index contributed by atoms with van der Waals surface area (Å²) in [7, 11) is 1.39. The summed E-state index contributed by atoms with van der Waals surface area (Å²) in [6, 6.07) is 10.2. The number of halogens is 2. The van der Waals surface area contributed by atoms with Crippen molar-refractivity contribution in [2.75, 3.05) is 7.11 Å². The summed E-state index contributed by atoms with van der Waals surface area (Å²) < 4.78 is 31.4. The molecule has 2 aromatic rings. The van der Waals surface area contributed by atoms with Crippen molar-refractivity contribution >= 4 is 0 Å². The van der Waals surface area contributed by atoms with E-state index in [-0.39, 0.29) is 12.2 Å². The Kier molecular flexibility index (Phi) is 4.12. The first-order chi connectivity index (χ1) is 9.10. The standard InChI is InChI=1S/C15H14F2O2/c1-19-15-6-5-10(7-13(15)17)8-14(18)11-3-2-4-12(16)9-11/h2-7,9,14,18H,8H2,1H3. The average Bonchev–Trinajstić information content (AvgIpc) is 2.39. The van der Waals surface area contributed by atoms with Crippen LogP contribution in [0.4, 0.5) is 8.78 Å². The van der Waals surface area contributed by atoms with E-state index in [0.717, 1.165) is 0 Å². The molecule has 0 spiro atoms. The first-order valence-electron chi connectivity index (χ1n) is 5.86. The molecular weight excluding hydrogens is 250 g/mol. The van der Waals surface area contributed by atoms with E-state index in [4.69, 9.17) is 4.74 Å². The van der Waals surface area contributed by atoms with Gasteiger partial charge in [0.15, 0.2) is 11.6 Å². The summed E-state index contributed by atoms with van der Waals surface area (Å²) in [5.41, 5.74) is 1.09. The summed E-state index contributed by atoms with van der Waals surface area (Å²) >= 11 is 0. The molecule has 19 heavy (non-hydrogen) atoms. The number of aliphatic hydroxyl groups excluding tert-OH is 1. The van der Waals surface area contributed by atoms with Gasteiger partial charge in [-0.15, -0.1) is 0 Å². The lowest BCUT2D eigenvalue weighted by atomic mass is 10.0. The minimum atomic E-state index is -0.872. The molecular formula is C15H14F2O2. The van der Waals surface area contributed by atoms with Crippen LogP contribution < -0.4 is 4.74 Å². The van der Waals surface area contributed by atoms with E-state index < -0.39 is 17.7 Å². The number of hydrogen-bond donors (Lipinski definition) is 1. The largest absolute Gasteiger partial charge is 0.494 e. The predicted molar refractivity (Wildman–Crippen MR) is 68.0 cm³/mol. The summed E-state index contributed by atoms with van der Waals surface area (Å²) in [5, 5.41) is 10.00. The first kappa shape index (κ1) is 13.5. The molecule has 100 valence electrons. The van der Waals surface area contributed by atoms with E-state index in [1.165, 1.54) is 37.4 Å². The van der Waals surface area contributed by atoms with Crippen LogP contribution in [0.25, 0.3) is 0 Å². The molecule has 2 rings (SSSR count). The van der Waals surface area contributed by atoms with Gasteiger partial charge in [-0.3, -0.25) is 0 Å². The number of rotatable bonds is 4. The van der Waals surface area contributed by atoms with Crippen LogP contribution in [0.5, 0.6) is 5.75 Å². The molecule has 0 aliphatic carbocycles. The lowest BCUT2D eigenvalue weighted by Gasteiger charge is -2.12. The molecule has 1 unspecified atom stereocenters. The van der Waals surface area contributed by atoms with Crippen LogP contribution >= 0.6 is 0 Å². The highest BCUT2D eigenvalue weighted by atomic mass is 19.1. The van der Waals surface area contributed by atoms with E-state index in [9.17, 15) is 13.9 Å². The lowest BCUT2D eigenvalue weighted by Crippen LogP contribution is -2.03. The van der Waals surface area contributed by atoms with Crippen LogP contribution in [0.2, 0.25) is 0 Å². The predicted octanol–water partition coefficient (Wildman–Crippen LogP) is 3.25. The average molecular weight is 264 g/mol. The van der Waals surface area contributed by atoms with Gasteiger partial charge < -0.3 is 9.84 Å². The van der Waals surface area contributed by atoms with Gasteiger partial charge in [-0.25, -0.2) is 8.78 Å². The second-order valence-corrected chi connectivity index (χ2v) is 4.24. The van der Waals surface area contributed by atoms with Crippen LogP contribution in [0.3, 0.4) is 0 Å². The molecule has 0 radical (unpaired) electrons. The van der Waals surface area contributed by atoms with Crippen molar-refractivity contribution in [1.29, 1.82) is 0 Å². The molecule has 0 saturated carbocycles. The monoisotopic (exact) mass is 264 g/mol. The van der Waals surface area contributed by atoms with Gasteiger partial charge in [0.2, 0.25) is 0 Å². The Morgan fingerprint density at radius 3 is 2.58 bits per heavy atom. The quantitative estimate of drug-likeness (QED) is 0.918. The number of ether oxygens (including phenoxy) is 1. The minimum absolute atomic E-state index is 0.156. The molecule has 1 N–H and O–H groups in total. The van der Waals surface area contributed by atoms with Crippen molar-refractivity contribution in [3.63, 3.8) is 0 Å². The molecule has 0 fully saturated rings. The Labute approximate surface area is 110 Å². The van der Waals surface area contributed by atoms with Crippen molar-refractivity contribution in [1.82, 2.24) is 0 Å². The number of hydrogen-bond acceptors (Lipinski definition) is 2. The van der Waals surface area contributed by atoms with Gasteiger partial charge in [-0.05, 0) is 35.4 Å². The van der Waals surface area contributed by atoms with E-state index >= 15 is 0 Å². The van der Waals surface area contributed by atoms with Crippen molar-refractivity contribution in [3.05, 3.63) is 65.2 Å². The lowest BCUT2D eigenvalue weighted by molar-refractivity contribution is 0.178. The maximum atomic E-state index is 13.5. The normalized spacial score (nSPS) is 12.2. The van der Waals surface area contributed by atoms with Crippen LogP contribution in [-0.4, -0.2) is 12.2 Å². The molecule has 2 aromatic carbocycles. The van der Waals surface area contributed by atoms with E-state index in [2.05, 4.69) is 0 Å². The maximum Gasteiger partial charge on any atom is 0.165 e. The third-order valence-corrected chi connectivity index (χ3v) is 2.88. The zero-order valence-corrected chi connectivity index (χ0v) is 10.4. The topological polar surface area (TPSA) is 29.5 Å². The third kappa shape index (κ3) is 3.29. The molecule has 0 saturated heterocycles. The first-order valence-corrected chi connectivity index (χ1v) is 5.86. The zero-order valence-electron chi connectivity index (χ0n) is 10.4. The molecule has 1 atom stereocenters. The molecule has 0 amide bonds. The Balaban J connectivity index is 2.14. The fourth-order valence-corrected chi connectivity index (χ4v) is 1.89. The number of aliphatic hydroxyl groups is 1. The van der Waals surface area contributed by atoms with E-state index in [0.29, 0.717) is 11.1 Å². The smallest absolute Gasteiger partial charge is 0.165 e. The van der Waals surface area contributed by atoms with Gasteiger partial charge in [0.25, 0.3) is 0 Å². The fourth-order valence-electron chi connectivity index (χ4n) is 1.89. The van der Waals surface area contributed by atoms with Gasteiger partial charge in [0.1, 0.15) is 5.82 Å². The molecule has 2 nitrogen and oxygen atoms in total. The Hall–Kier alpha value is -1.94. The highest BCUT2D eigenvalue weighted by Gasteiger charge is 2.11. The zero-order chi connectivity index (χ0) is 13.8. The summed E-state index contributed by atoms with van der Waals surface area (Å²) in [5.74, 6) is -0.729. The van der Waals surface area contributed by atoms with Crippen LogP contribution in [0.1, 0.15) is 17.2 Å². The second-order valence-electron chi connectivity index (χ2n) is 4.24. The minimum Gasteiger partial charge on any atom is -0.494 e. The molecule has 0 heterocycles. The van der Waals surface area contributed by atoms with Crippen LogP contribution in [0, 0.1) is 11.6 Å². The highest BCUT2D eigenvalue weighted by molar-refractivity contribution is 5.30. The van der Waals surface area contributed by atoms with Gasteiger partial charge >= 0.3 is 0 Å². The Morgan fingerprint density at radius 1 is 1.16 bits per heavy atom. The van der Waals surface area contributed by atoms with E-state index in [1.807, 2.05) is 0 Å². The van der Waals surface area contributed by atoms with Crippen molar-refractivity contribution < 1.29 is 18.6 Å². The fraction of sp³-hybridized carbons (Fsp3) is 0.200.